The molecule has 9 nitrogen and oxygen atoms in total. The van der Waals surface area contributed by atoms with Gasteiger partial charge in [0.15, 0.2) is 5.96 Å². The summed E-state index contributed by atoms with van der Waals surface area (Å²) in [4.78, 5) is 31.1. The number of benzene rings is 3. The predicted molar refractivity (Wildman–Crippen MR) is 148 cm³/mol. The minimum absolute atomic E-state index is 0.0388. The van der Waals surface area contributed by atoms with Crippen molar-refractivity contribution < 1.29 is 19.4 Å². The van der Waals surface area contributed by atoms with Crippen LogP contribution in [0.4, 0.5) is 0 Å². The number of nitrogens with two attached hydrogens (primary N) is 2. The Morgan fingerprint density at radius 2 is 1.42 bits per heavy atom. The average molecular weight is 518 g/mol. The molecule has 7 N–H and O–H groups in total. The van der Waals surface area contributed by atoms with Crippen molar-refractivity contribution in [3.63, 3.8) is 0 Å². The van der Waals surface area contributed by atoms with Gasteiger partial charge in [0.2, 0.25) is 11.8 Å². The zero-order valence-electron chi connectivity index (χ0n) is 21.4. The Bertz CT molecular complexity index is 1140. The van der Waals surface area contributed by atoms with E-state index in [1.807, 2.05) is 60.7 Å². The molecule has 0 saturated heterocycles. The second kappa shape index (κ2) is 14.4. The molecule has 0 saturated carbocycles. The van der Waals surface area contributed by atoms with Crippen LogP contribution in [0.5, 0.6) is 5.75 Å². The van der Waals surface area contributed by atoms with Gasteiger partial charge in [0.1, 0.15) is 11.8 Å². The maximum atomic E-state index is 13.7. The molecule has 200 valence electrons. The molecule has 3 rings (SSSR count). The number of aliphatic hydroxyl groups is 1. The van der Waals surface area contributed by atoms with Crippen LogP contribution in [0, 0.1) is 0 Å². The van der Waals surface area contributed by atoms with Gasteiger partial charge in [0.25, 0.3) is 0 Å². The number of nitrogens with one attached hydrogen (secondary N) is 2. The highest BCUT2D eigenvalue weighted by Gasteiger charge is 2.29. The van der Waals surface area contributed by atoms with E-state index in [1.54, 1.807) is 31.4 Å². The van der Waals surface area contributed by atoms with Crippen molar-refractivity contribution in [1.82, 2.24) is 10.6 Å². The van der Waals surface area contributed by atoms with E-state index in [0.29, 0.717) is 30.7 Å². The summed E-state index contributed by atoms with van der Waals surface area (Å²) in [6, 6.07) is 24.3. The molecule has 38 heavy (non-hydrogen) atoms. The van der Waals surface area contributed by atoms with E-state index < -0.39 is 23.9 Å². The minimum Gasteiger partial charge on any atom is -0.497 e. The van der Waals surface area contributed by atoms with Gasteiger partial charge < -0.3 is 31.9 Å². The van der Waals surface area contributed by atoms with E-state index in [-0.39, 0.29) is 18.5 Å². The maximum absolute atomic E-state index is 13.7. The summed E-state index contributed by atoms with van der Waals surface area (Å²) in [5.74, 6) is -0.717. The van der Waals surface area contributed by atoms with Crippen molar-refractivity contribution >= 4 is 17.8 Å². The quantitative estimate of drug-likeness (QED) is 0.133. The lowest BCUT2D eigenvalue weighted by molar-refractivity contribution is -0.130. The van der Waals surface area contributed by atoms with Crippen LogP contribution in [0.1, 0.15) is 41.5 Å². The first-order valence-electron chi connectivity index (χ1n) is 12.4. The van der Waals surface area contributed by atoms with Crippen LogP contribution in [0.25, 0.3) is 0 Å². The van der Waals surface area contributed by atoms with Gasteiger partial charge in [-0.3, -0.25) is 14.6 Å². The van der Waals surface area contributed by atoms with E-state index >= 15 is 0 Å². The highest BCUT2D eigenvalue weighted by Crippen LogP contribution is 2.25. The van der Waals surface area contributed by atoms with Gasteiger partial charge in [0.05, 0.1) is 25.7 Å². The summed E-state index contributed by atoms with van der Waals surface area (Å²) >= 11 is 0. The molecule has 0 unspecified atom stereocenters. The fourth-order valence-corrected chi connectivity index (χ4v) is 4.16. The fraction of sp³-hybridized carbons (Fsp3) is 0.276. The van der Waals surface area contributed by atoms with Gasteiger partial charge in [-0.25, -0.2) is 0 Å². The standard InChI is InChI=1S/C29H35N5O4/c1-38-23-16-14-20(15-17-23)25(19-35)34-27(36)24(13-8-18-32-29(30)31)33-28(37)26(21-9-4-2-5-10-21)22-11-6-3-7-12-22/h2-7,9-12,14-17,24-26,35H,8,13,18-19H2,1H3,(H,33,37)(H,34,36)(H4,30,31,32)/t24-,25-/m0/s1. The van der Waals surface area contributed by atoms with Crippen molar-refractivity contribution in [3.8, 4) is 5.75 Å². The Kier molecular flexibility index (Phi) is 10.7. The minimum atomic E-state index is -0.876. The third-order valence-electron chi connectivity index (χ3n) is 6.12. The van der Waals surface area contributed by atoms with Gasteiger partial charge in [-0.15, -0.1) is 0 Å². The molecule has 0 aromatic heterocycles. The molecule has 0 radical (unpaired) electrons. The van der Waals surface area contributed by atoms with E-state index in [0.717, 1.165) is 11.1 Å². The van der Waals surface area contributed by atoms with Crippen LogP contribution >= 0.6 is 0 Å². The first-order chi connectivity index (χ1) is 18.4. The van der Waals surface area contributed by atoms with Gasteiger partial charge in [-0.05, 0) is 41.7 Å². The molecule has 9 heteroatoms. The van der Waals surface area contributed by atoms with Crippen molar-refractivity contribution in [2.45, 2.75) is 30.8 Å². The van der Waals surface area contributed by atoms with Gasteiger partial charge in [-0.1, -0.05) is 72.8 Å². The molecule has 2 atom stereocenters. The van der Waals surface area contributed by atoms with Crippen molar-refractivity contribution in [3.05, 3.63) is 102 Å². The fourth-order valence-electron chi connectivity index (χ4n) is 4.16. The van der Waals surface area contributed by atoms with E-state index in [1.165, 1.54) is 0 Å². The third kappa shape index (κ3) is 8.07. The number of nitrogens with zero attached hydrogens (tertiary/aromatic N) is 1. The number of methoxy groups -OCH3 is 1. The molecule has 0 fully saturated rings. The van der Waals surface area contributed by atoms with Crippen molar-refractivity contribution in [2.24, 2.45) is 16.5 Å². The van der Waals surface area contributed by atoms with Crippen LogP contribution in [0.15, 0.2) is 89.9 Å². The molecule has 0 aliphatic rings. The summed E-state index contributed by atoms with van der Waals surface area (Å²) in [6.45, 7) is -0.00587. The Morgan fingerprint density at radius 1 is 0.842 bits per heavy atom. The number of carbonyl (C=O) groups is 2. The molecule has 0 bridgehead atoms. The topological polar surface area (TPSA) is 152 Å². The number of amides is 2. The summed E-state index contributed by atoms with van der Waals surface area (Å²) in [7, 11) is 1.56. The highest BCUT2D eigenvalue weighted by molar-refractivity contribution is 5.92. The molecule has 3 aromatic rings. The summed E-state index contributed by atoms with van der Waals surface area (Å²) < 4.78 is 5.19. The molecule has 2 amide bonds. The summed E-state index contributed by atoms with van der Waals surface area (Å²) in [5.41, 5.74) is 13.2. The third-order valence-corrected chi connectivity index (χ3v) is 6.12. The second-order valence-electron chi connectivity index (χ2n) is 8.78. The van der Waals surface area contributed by atoms with Crippen LogP contribution in [-0.4, -0.2) is 49.2 Å². The smallest absolute Gasteiger partial charge is 0.243 e. The van der Waals surface area contributed by atoms with Crippen LogP contribution in [0.3, 0.4) is 0 Å². The molecule has 0 aliphatic heterocycles. The summed E-state index contributed by atoms with van der Waals surface area (Å²) in [6.07, 6.45) is 0.759. The molecule has 3 aromatic carbocycles. The summed E-state index contributed by atoms with van der Waals surface area (Å²) in [5, 5.41) is 15.8. The maximum Gasteiger partial charge on any atom is 0.243 e. The Hall–Kier alpha value is -4.37. The van der Waals surface area contributed by atoms with Crippen molar-refractivity contribution in [1.29, 1.82) is 0 Å². The monoisotopic (exact) mass is 517 g/mol. The van der Waals surface area contributed by atoms with E-state index in [9.17, 15) is 14.7 Å². The second-order valence-corrected chi connectivity index (χ2v) is 8.78. The average Bonchev–Trinajstić information content (AvgIpc) is 2.94. The number of aliphatic imine (C=N–C) groups is 1. The lowest BCUT2D eigenvalue weighted by atomic mass is 9.90. The Morgan fingerprint density at radius 3 is 1.92 bits per heavy atom. The van der Waals surface area contributed by atoms with E-state index in [2.05, 4.69) is 15.6 Å². The molecule has 0 aliphatic carbocycles. The van der Waals surface area contributed by atoms with Crippen LogP contribution in [-0.2, 0) is 9.59 Å². The number of aliphatic hydroxyl groups excluding tert-OH is 1. The van der Waals surface area contributed by atoms with E-state index in [4.69, 9.17) is 16.2 Å². The van der Waals surface area contributed by atoms with Gasteiger partial charge in [-0.2, -0.15) is 0 Å². The zero-order chi connectivity index (χ0) is 27.3. The first kappa shape index (κ1) is 28.2. The molecule has 0 spiro atoms. The zero-order valence-corrected chi connectivity index (χ0v) is 21.4. The lowest BCUT2D eigenvalue weighted by Crippen LogP contribution is -2.49. The molecule has 0 heterocycles. The number of ether oxygens (including phenoxy) is 1. The SMILES string of the molecule is COc1ccc([C@H](CO)NC(=O)[C@H](CCCN=C(N)N)NC(=O)C(c2ccccc2)c2ccccc2)cc1. The molecular weight excluding hydrogens is 482 g/mol. The Balaban J connectivity index is 1.82. The predicted octanol–water partition coefficient (Wildman–Crippen LogP) is 2.22. The Labute approximate surface area is 222 Å². The first-order valence-corrected chi connectivity index (χ1v) is 12.4. The number of guanidine groups is 1. The largest absolute Gasteiger partial charge is 0.497 e. The highest BCUT2D eigenvalue weighted by atomic mass is 16.5. The number of rotatable bonds is 13. The van der Waals surface area contributed by atoms with Crippen LogP contribution < -0.4 is 26.8 Å². The van der Waals surface area contributed by atoms with Gasteiger partial charge in [0, 0.05) is 6.54 Å². The normalized spacial score (nSPS) is 12.3. The van der Waals surface area contributed by atoms with Crippen LogP contribution in [0.2, 0.25) is 0 Å². The molecular formula is C29H35N5O4. The number of carbonyl (C=O) groups excluding carboxylic acids is 2. The van der Waals surface area contributed by atoms with Crippen molar-refractivity contribution in [2.75, 3.05) is 20.3 Å². The van der Waals surface area contributed by atoms with Gasteiger partial charge >= 0.3 is 0 Å². The number of hydrogen-bond acceptors (Lipinski definition) is 5. The lowest BCUT2D eigenvalue weighted by Gasteiger charge is -2.25. The number of hydrogen-bond donors (Lipinski definition) is 5.